The number of benzene rings is 9. The lowest BCUT2D eigenvalue weighted by atomic mass is 10.0. The maximum Gasteiger partial charge on any atom is 0.143 e. The second kappa shape index (κ2) is 12.0. The molecule has 56 heavy (non-hydrogen) atoms. The Morgan fingerprint density at radius 3 is 1.84 bits per heavy atom. The lowest BCUT2D eigenvalue weighted by Crippen LogP contribution is -2.10. The molecule has 12 aromatic rings. The van der Waals surface area contributed by atoms with Crippen LogP contribution in [-0.2, 0) is 0 Å². The predicted octanol–water partition coefficient (Wildman–Crippen LogP) is 14.9. The molecule has 0 amide bonds. The van der Waals surface area contributed by atoms with Crippen molar-refractivity contribution in [3.05, 3.63) is 194 Å². The number of fused-ring (bicyclic) bond motifs is 11. The Morgan fingerprint density at radius 2 is 1.02 bits per heavy atom. The van der Waals surface area contributed by atoms with E-state index in [0.717, 1.165) is 88.5 Å². The Morgan fingerprint density at radius 1 is 0.375 bits per heavy atom. The third-order valence-electron chi connectivity index (χ3n) is 11.4. The molecule has 0 bridgehead atoms. The van der Waals surface area contributed by atoms with E-state index in [0.29, 0.717) is 0 Å². The topological polar surface area (TPSA) is 34.5 Å². The lowest BCUT2D eigenvalue weighted by Gasteiger charge is -2.26. The SMILES string of the molecule is c1cc(-c2ccc(N(c3ccc4c(c3)oc3ccccc34)c3cccc4oc5c6ccccc6ccc5c34)cc2)cc(-n2c3ccccc3c3ccccc32)c1. The van der Waals surface area contributed by atoms with Gasteiger partial charge in [-0.2, -0.15) is 0 Å². The summed E-state index contributed by atoms with van der Waals surface area (Å²) >= 11 is 0. The van der Waals surface area contributed by atoms with Gasteiger partial charge in [0, 0.05) is 55.4 Å². The largest absolute Gasteiger partial charge is 0.456 e. The fourth-order valence-electron chi connectivity index (χ4n) is 8.83. The normalized spacial score (nSPS) is 11.9. The van der Waals surface area contributed by atoms with Crippen LogP contribution in [0.4, 0.5) is 17.1 Å². The average molecular weight is 717 g/mol. The molecule has 0 aliphatic heterocycles. The van der Waals surface area contributed by atoms with E-state index in [2.05, 4.69) is 191 Å². The first kappa shape index (κ1) is 30.9. The van der Waals surface area contributed by atoms with Crippen molar-refractivity contribution in [3.63, 3.8) is 0 Å². The highest BCUT2D eigenvalue weighted by Gasteiger charge is 2.22. The number of rotatable bonds is 5. The van der Waals surface area contributed by atoms with Gasteiger partial charge < -0.3 is 18.3 Å². The van der Waals surface area contributed by atoms with Crippen LogP contribution >= 0.6 is 0 Å². The van der Waals surface area contributed by atoms with E-state index >= 15 is 0 Å². The van der Waals surface area contributed by atoms with Crippen molar-refractivity contribution in [3.8, 4) is 16.8 Å². The fourth-order valence-corrected chi connectivity index (χ4v) is 8.83. The number of nitrogens with zero attached hydrogens (tertiary/aromatic N) is 2. The van der Waals surface area contributed by atoms with Crippen molar-refractivity contribution >= 4 is 93.5 Å². The molecule has 0 saturated heterocycles. The van der Waals surface area contributed by atoms with Gasteiger partial charge in [0.2, 0.25) is 0 Å². The molecule has 4 heteroatoms. The highest BCUT2D eigenvalue weighted by Crippen LogP contribution is 2.46. The molecule has 0 aliphatic rings. The van der Waals surface area contributed by atoms with E-state index in [9.17, 15) is 0 Å². The van der Waals surface area contributed by atoms with Crippen molar-refractivity contribution in [2.24, 2.45) is 0 Å². The Labute approximate surface area is 321 Å². The van der Waals surface area contributed by atoms with Crippen LogP contribution in [0.5, 0.6) is 0 Å². The molecule has 12 rings (SSSR count). The van der Waals surface area contributed by atoms with Gasteiger partial charge in [-0.05, 0) is 89.3 Å². The minimum atomic E-state index is 0.849. The van der Waals surface area contributed by atoms with Crippen molar-refractivity contribution in [1.29, 1.82) is 0 Å². The fraction of sp³-hybridized carbons (Fsp3) is 0. The van der Waals surface area contributed by atoms with Gasteiger partial charge in [-0.25, -0.2) is 0 Å². The van der Waals surface area contributed by atoms with Crippen molar-refractivity contribution < 1.29 is 8.83 Å². The van der Waals surface area contributed by atoms with Gasteiger partial charge in [0.25, 0.3) is 0 Å². The Balaban J connectivity index is 1.03. The highest BCUT2D eigenvalue weighted by atomic mass is 16.3. The first-order valence-electron chi connectivity index (χ1n) is 19.0. The molecule has 0 aliphatic carbocycles. The van der Waals surface area contributed by atoms with Crippen molar-refractivity contribution in [2.45, 2.75) is 0 Å². The molecule has 0 unspecified atom stereocenters. The minimum Gasteiger partial charge on any atom is -0.456 e. The van der Waals surface area contributed by atoms with Crippen LogP contribution in [0.25, 0.3) is 93.3 Å². The van der Waals surface area contributed by atoms with E-state index in [1.165, 1.54) is 21.8 Å². The monoisotopic (exact) mass is 716 g/mol. The summed E-state index contributed by atoms with van der Waals surface area (Å²) < 4.78 is 15.5. The average Bonchev–Trinajstić information content (AvgIpc) is 3.94. The number of hydrogen-bond donors (Lipinski definition) is 0. The molecule has 3 aromatic heterocycles. The zero-order valence-corrected chi connectivity index (χ0v) is 30.2. The molecule has 0 atom stereocenters. The van der Waals surface area contributed by atoms with Gasteiger partial charge in [0.1, 0.15) is 22.3 Å². The number of anilines is 3. The second-order valence-corrected chi connectivity index (χ2v) is 14.5. The van der Waals surface area contributed by atoms with Gasteiger partial charge in [0.15, 0.2) is 0 Å². The van der Waals surface area contributed by atoms with E-state index in [1.807, 2.05) is 12.1 Å². The molecular weight excluding hydrogens is 685 g/mol. The van der Waals surface area contributed by atoms with Gasteiger partial charge in [-0.15, -0.1) is 0 Å². The van der Waals surface area contributed by atoms with E-state index in [-0.39, 0.29) is 0 Å². The van der Waals surface area contributed by atoms with E-state index in [1.54, 1.807) is 0 Å². The quantitative estimate of drug-likeness (QED) is 0.178. The lowest BCUT2D eigenvalue weighted by molar-refractivity contribution is 0.669. The van der Waals surface area contributed by atoms with Gasteiger partial charge in [-0.3, -0.25) is 0 Å². The molecule has 262 valence electrons. The van der Waals surface area contributed by atoms with Crippen LogP contribution in [0.15, 0.2) is 203 Å². The minimum absolute atomic E-state index is 0.849. The molecule has 4 nitrogen and oxygen atoms in total. The summed E-state index contributed by atoms with van der Waals surface area (Å²) in [6.07, 6.45) is 0. The number of furan rings is 2. The molecule has 0 N–H and O–H groups in total. The zero-order chi connectivity index (χ0) is 36.7. The third kappa shape index (κ3) is 4.60. The maximum absolute atomic E-state index is 6.66. The molecule has 0 radical (unpaired) electrons. The number of hydrogen-bond acceptors (Lipinski definition) is 3. The van der Waals surface area contributed by atoms with Crippen LogP contribution in [0.3, 0.4) is 0 Å². The van der Waals surface area contributed by atoms with Crippen LogP contribution in [0.1, 0.15) is 0 Å². The summed E-state index contributed by atoms with van der Waals surface area (Å²) in [6.45, 7) is 0. The predicted molar refractivity (Wildman–Crippen MR) is 233 cm³/mol. The molecule has 0 spiro atoms. The van der Waals surface area contributed by atoms with Gasteiger partial charge in [-0.1, -0.05) is 115 Å². The zero-order valence-electron chi connectivity index (χ0n) is 30.2. The molecule has 0 fully saturated rings. The Hall–Kier alpha value is -7.56. The number of aromatic nitrogens is 1. The Bertz CT molecular complexity index is 3440. The second-order valence-electron chi connectivity index (χ2n) is 14.5. The van der Waals surface area contributed by atoms with E-state index in [4.69, 9.17) is 8.83 Å². The highest BCUT2D eigenvalue weighted by molar-refractivity contribution is 6.20. The summed E-state index contributed by atoms with van der Waals surface area (Å²) in [4.78, 5) is 2.33. The summed E-state index contributed by atoms with van der Waals surface area (Å²) in [5, 5.41) is 9.15. The van der Waals surface area contributed by atoms with Gasteiger partial charge >= 0.3 is 0 Å². The van der Waals surface area contributed by atoms with Crippen LogP contribution in [-0.4, -0.2) is 4.57 Å². The first-order chi connectivity index (χ1) is 27.8. The Kier molecular flexibility index (Phi) is 6.60. The first-order valence-corrected chi connectivity index (χ1v) is 19.0. The molecule has 0 saturated carbocycles. The van der Waals surface area contributed by atoms with Crippen LogP contribution < -0.4 is 4.90 Å². The summed E-state index contributed by atoms with van der Waals surface area (Å²) in [5.41, 5.74) is 12.4. The molecule has 9 aromatic carbocycles. The van der Waals surface area contributed by atoms with Crippen LogP contribution in [0, 0.1) is 0 Å². The maximum atomic E-state index is 6.66. The van der Waals surface area contributed by atoms with Crippen molar-refractivity contribution in [2.75, 3.05) is 4.90 Å². The summed E-state index contributed by atoms with van der Waals surface area (Å²) in [7, 11) is 0. The number of para-hydroxylation sites is 3. The molecule has 3 heterocycles. The summed E-state index contributed by atoms with van der Waals surface area (Å²) in [5.74, 6) is 0. The summed E-state index contributed by atoms with van der Waals surface area (Å²) in [6, 6.07) is 69.0. The van der Waals surface area contributed by atoms with Gasteiger partial charge in [0.05, 0.1) is 22.1 Å². The third-order valence-corrected chi connectivity index (χ3v) is 11.4. The van der Waals surface area contributed by atoms with Crippen molar-refractivity contribution in [1.82, 2.24) is 4.57 Å². The molecular formula is C52H32N2O2. The van der Waals surface area contributed by atoms with Crippen LogP contribution in [0.2, 0.25) is 0 Å². The smallest absolute Gasteiger partial charge is 0.143 e. The standard InChI is InChI=1S/C52H32N2O2/c1-2-14-39-34(11-1)25-29-44-51-47(20-10-22-49(51)56-52(39)44)53(38-28-30-43-42-17-5-8-21-48(42)55-50(43)32-38)36-26-23-33(24-27-36)35-12-9-13-37(31-35)54-45-18-6-3-15-40(45)41-16-4-7-19-46(41)54/h1-32H. The van der Waals surface area contributed by atoms with E-state index < -0.39 is 0 Å².